The first kappa shape index (κ1) is 40.8. The number of alkyl carbamates (subject to hydrolysis) is 1. The molecule has 0 spiro atoms. The van der Waals surface area contributed by atoms with Gasteiger partial charge in [-0.25, -0.2) is 9.18 Å². The molecule has 0 fully saturated rings. The smallest absolute Gasteiger partial charge is 0.409 e. The van der Waals surface area contributed by atoms with Gasteiger partial charge < -0.3 is 38.6 Å². The average Bonchev–Trinajstić information content (AvgIpc) is 3.05. The van der Waals surface area contributed by atoms with Crippen molar-refractivity contribution in [2.75, 3.05) is 37.6 Å². The Morgan fingerprint density at radius 1 is 1.00 bits per heavy atom. The molecule has 0 radical (unpaired) electrons. The van der Waals surface area contributed by atoms with Crippen LogP contribution >= 0.6 is 0 Å². The van der Waals surface area contributed by atoms with Gasteiger partial charge >= 0.3 is 12.1 Å². The molecule has 1 aliphatic heterocycles. The Morgan fingerprint density at radius 3 is 2.38 bits per heavy atom. The highest BCUT2D eigenvalue weighted by molar-refractivity contribution is 5.88. The third kappa shape index (κ3) is 10.8. The van der Waals surface area contributed by atoms with Gasteiger partial charge in [0.05, 0.1) is 37.1 Å². The van der Waals surface area contributed by atoms with Crippen LogP contribution in [0.2, 0.25) is 0 Å². The normalized spacial score (nSPS) is 14.4. The van der Waals surface area contributed by atoms with Crippen LogP contribution in [-0.4, -0.2) is 62.4 Å². The van der Waals surface area contributed by atoms with Crippen molar-refractivity contribution in [3.05, 3.63) is 77.8 Å². The van der Waals surface area contributed by atoms with Crippen molar-refractivity contribution in [3.8, 4) is 28.4 Å². The van der Waals surface area contributed by atoms with Gasteiger partial charge in [-0.15, -0.1) is 0 Å². The van der Waals surface area contributed by atoms with E-state index in [4.69, 9.17) is 28.4 Å². The number of esters is 1. The minimum atomic E-state index is -1.05. The van der Waals surface area contributed by atoms with E-state index in [-0.39, 0.29) is 37.6 Å². The van der Waals surface area contributed by atoms with Crippen molar-refractivity contribution in [2.45, 2.75) is 98.3 Å². The number of hydrogen-bond donors (Lipinski definition) is 2. The summed E-state index contributed by atoms with van der Waals surface area (Å²) < 4.78 is 48.8. The molecule has 2 N–H and O–H groups in total. The Balaban J connectivity index is 1.46. The van der Waals surface area contributed by atoms with Gasteiger partial charge in [-0.3, -0.25) is 10.1 Å². The third-order valence-corrected chi connectivity index (χ3v) is 8.57. The number of amides is 1. The van der Waals surface area contributed by atoms with Crippen molar-refractivity contribution in [1.82, 2.24) is 5.32 Å². The molecule has 0 bridgehead atoms. The van der Waals surface area contributed by atoms with Crippen LogP contribution < -0.4 is 29.7 Å². The number of hydrogen-bond acceptors (Lipinski definition) is 10. The largest absolute Gasteiger partial charge is 0.496 e. The predicted octanol–water partition coefficient (Wildman–Crippen LogP) is 8.52. The maximum absolute atomic E-state index is 14.2. The quantitative estimate of drug-likeness (QED) is 0.123. The first-order chi connectivity index (χ1) is 24.7. The fourth-order valence-corrected chi connectivity index (χ4v) is 5.85. The van der Waals surface area contributed by atoms with E-state index in [1.807, 2.05) is 38.2 Å². The van der Waals surface area contributed by atoms with E-state index in [1.165, 1.54) is 12.1 Å². The lowest BCUT2D eigenvalue weighted by atomic mass is 9.90. The zero-order valence-electron chi connectivity index (χ0n) is 32.8. The maximum atomic E-state index is 14.2. The topological polar surface area (TPSA) is 117 Å². The molecule has 0 aliphatic carbocycles. The lowest BCUT2D eigenvalue weighted by Crippen LogP contribution is -2.48. The summed E-state index contributed by atoms with van der Waals surface area (Å²) in [6, 6.07) is 14.0. The molecule has 1 heterocycles. The summed E-state index contributed by atoms with van der Waals surface area (Å²) in [5.74, 6) is 0.686. The number of ether oxygens (including phenoxy) is 6. The van der Waals surface area contributed by atoms with Gasteiger partial charge in [0, 0.05) is 36.0 Å². The first-order valence-corrected chi connectivity index (χ1v) is 17.6. The Bertz CT molecular complexity index is 1820. The van der Waals surface area contributed by atoms with Gasteiger partial charge in [-0.2, -0.15) is 0 Å². The monoisotopic (exact) mass is 735 g/mol. The number of benzene rings is 3. The lowest BCUT2D eigenvalue weighted by Gasteiger charge is -2.43. The number of nitrogens with one attached hydrogen (secondary N) is 2. The van der Waals surface area contributed by atoms with Crippen molar-refractivity contribution in [2.24, 2.45) is 0 Å². The SMILES string of the molecule is C=C1N(C)c2c(ccc(-c3ccc(OCC(C)OC(=O)CCOC(C)(C)NC(=O)OC(C)(C)C)cc3OC)c2COc2cc(F)ccc2C)NC1(C)C. The molecule has 0 saturated carbocycles. The van der Waals surface area contributed by atoms with E-state index < -0.39 is 29.5 Å². The molecule has 0 aromatic heterocycles. The van der Waals surface area contributed by atoms with Gasteiger partial charge in [-0.1, -0.05) is 18.7 Å². The molecule has 53 heavy (non-hydrogen) atoms. The summed E-state index contributed by atoms with van der Waals surface area (Å²) in [7, 11) is 3.56. The second kappa shape index (κ2) is 16.4. The lowest BCUT2D eigenvalue weighted by molar-refractivity contribution is -0.152. The number of anilines is 2. The highest BCUT2D eigenvalue weighted by Gasteiger charge is 2.34. The van der Waals surface area contributed by atoms with Crippen molar-refractivity contribution < 1.29 is 42.4 Å². The van der Waals surface area contributed by atoms with Crippen LogP contribution in [0.1, 0.15) is 72.9 Å². The second-order valence-corrected chi connectivity index (χ2v) is 15.2. The van der Waals surface area contributed by atoms with Crippen molar-refractivity contribution >= 4 is 23.4 Å². The predicted molar refractivity (Wildman–Crippen MR) is 204 cm³/mol. The number of methoxy groups -OCH3 is 1. The van der Waals surface area contributed by atoms with Gasteiger partial charge in [-0.05, 0) is 97.7 Å². The first-order valence-electron chi connectivity index (χ1n) is 17.6. The minimum absolute atomic E-state index is 0.0204. The maximum Gasteiger partial charge on any atom is 0.409 e. The molecule has 0 saturated heterocycles. The van der Waals surface area contributed by atoms with Gasteiger partial charge in [0.1, 0.15) is 53.7 Å². The van der Waals surface area contributed by atoms with Crippen LogP contribution in [0.5, 0.6) is 17.2 Å². The van der Waals surface area contributed by atoms with E-state index in [2.05, 4.69) is 36.0 Å². The van der Waals surface area contributed by atoms with Crippen LogP contribution in [-0.2, 0) is 25.6 Å². The van der Waals surface area contributed by atoms with E-state index in [0.29, 0.717) is 17.2 Å². The van der Waals surface area contributed by atoms with Crippen LogP contribution in [0.3, 0.4) is 0 Å². The zero-order valence-corrected chi connectivity index (χ0v) is 32.8. The summed E-state index contributed by atoms with van der Waals surface area (Å²) >= 11 is 0. The summed E-state index contributed by atoms with van der Waals surface area (Å²) in [6.45, 7) is 21.0. The average molecular weight is 736 g/mol. The fraction of sp³-hybridized carbons (Fsp3) is 0.463. The zero-order chi connectivity index (χ0) is 39.3. The molecule has 1 unspecified atom stereocenters. The number of fused-ring (bicyclic) bond motifs is 1. The van der Waals surface area contributed by atoms with Crippen molar-refractivity contribution in [3.63, 3.8) is 0 Å². The number of nitrogens with zero attached hydrogens (tertiary/aromatic N) is 1. The van der Waals surface area contributed by atoms with Crippen LogP contribution in [0.15, 0.2) is 60.8 Å². The molecular weight excluding hydrogens is 681 g/mol. The molecule has 3 aromatic rings. The third-order valence-electron chi connectivity index (χ3n) is 8.57. The Morgan fingerprint density at radius 2 is 1.70 bits per heavy atom. The van der Waals surface area contributed by atoms with Crippen LogP contribution in [0, 0.1) is 12.7 Å². The van der Waals surface area contributed by atoms with E-state index >= 15 is 0 Å². The molecule has 11 nitrogen and oxygen atoms in total. The van der Waals surface area contributed by atoms with E-state index in [0.717, 1.165) is 39.3 Å². The summed E-state index contributed by atoms with van der Waals surface area (Å²) in [5, 5.41) is 6.23. The molecule has 12 heteroatoms. The van der Waals surface area contributed by atoms with E-state index in [9.17, 15) is 14.0 Å². The number of likely N-dealkylation sites (N-methyl/N-ethyl adjacent to an activating group) is 1. The molecule has 4 rings (SSSR count). The minimum Gasteiger partial charge on any atom is -0.496 e. The molecule has 1 amide bonds. The Labute approximate surface area is 312 Å². The standard InChI is InChI=1S/C41H54FN3O8/c1-25-13-14-28(42)21-34(25)50-24-32-30(17-18-33-37(32)45(11)27(3)40(7,8)43-33)31-16-15-29(22-35(31)48-12)49-23-26(2)52-36(46)19-20-51-41(9,10)44-38(47)53-39(4,5)6/h13-18,21-22,26,43H,3,19-20,23-24H2,1-2,4-12H3,(H,44,47). The molecule has 1 aliphatic rings. The summed E-state index contributed by atoms with van der Waals surface area (Å²) in [5.41, 5.74) is 3.94. The molecule has 3 aromatic carbocycles. The molecule has 288 valence electrons. The van der Waals surface area contributed by atoms with Crippen molar-refractivity contribution in [1.29, 1.82) is 0 Å². The van der Waals surface area contributed by atoms with Crippen LogP contribution in [0.4, 0.5) is 20.6 Å². The summed E-state index contributed by atoms with van der Waals surface area (Å²) in [4.78, 5) is 26.7. The highest BCUT2D eigenvalue weighted by Crippen LogP contribution is 2.47. The number of carbonyl (C=O) groups is 2. The highest BCUT2D eigenvalue weighted by atomic mass is 19.1. The second-order valence-electron chi connectivity index (χ2n) is 15.2. The number of aryl methyl sites for hydroxylation is 1. The van der Waals surface area contributed by atoms with Gasteiger partial charge in [0.15, 0.2) is 0 Å². The Hall–Kier alpha value is -4.97. The number of halogens is 1. The number of carbonyl (C=O) groups excluding carboxylic acids is 2. The molecule has 1 atom stereocenters. The number of rotatable bonds is 14. The summed E-state index contributed by atoms with van der Waals surface area (Å²) in [6.07, 6.45) is -1.20. The molecular formula is C41H54FN3O8. The fourth-order valence-electron chi connectivity index (χ4n) is 5.85. The Kier molecular flexibility index (Phi) is 12.6. The van der Waals surface area contributed by atoms with E-state index in [1.54, 1.807) is 60.8 Å². The van der Waals surface area contributed by atoms with Gasteiger partial charge in [0.2, 0.25) is 0 Å². The van der Waals surface area contributed by atoms with Gasteiger partial charge in [0.25, 0.3) is 0 Å². The van der Waals surface area contributed by atoms with Crippen LogP contribution in [0.25, 0.3) is 11.1 Å².